The predicted octanol–water partition coefficient (Wildman–Crippen LogP) is 5.06. The Hall–Kier alpha value is -3.47. The highest BCUT2D eigenvalue weighted by Gasteiger charge is 2.24. The van der Waals surface area contributed by atoms with Gasteiger partial charge in [-0.2, -0.15) is 0 Å². The maximum absolute atomic E-state index is 13.1. The van der Waals surface area contributed by atoms with E-state index in [-0.39, 0.29) is 17.1 Å². The fourth-order valence-electron chi connectivity index (χ4n) is 3.12. The molecule has 0 radical (unpaired) electrons. The van der Waals surface area contributed by atoms with E-state index in [1.165, 1.54) is 26.5 Å². The summed E-state index contributed by atoms with van der Waals surface area (Å²) in [7, 11) is 3.08. The van der Waals surface area contributed by atoms with E-state index in [1.807, 2.05) is 0 Å². The molecule has 138 valence electrons. The van der Waals surface area contributed by atoms with Crippen LogP contribution < -0.4 is 9.47 Å². The zero-order valence-corrected chi connectivity index (χ0v) is 15.5. The fraction of sp³-hybridized carbons (Fsp3) is 0.136. The quantitative estimate of drug-likeness (QED) is 0.619. The largest absolute Gasteiger partial charge is 0.507 e. The van der Waals surface area contributed by atoms with E-state index in [0.717, 1.165) is 0 Å². The molecule has 0 aliphatic heterocycles. The van der Waals surface area contributed by atoms with Gasteiger partial charge in [0, 0.05) is 21.9 Å². The van der Waals surface area contributed by atoms with Gasteiger partial charge in [-0.3, -0.25) is 4.79 Å². The summed E-state index contributed by atoms with van der Waals surface area (Å²) in [4.78, 5) is 13.1. The number of carbonyl (C=O) groups is 1. The van der Waals surface area contributed by atoms with Crippen LogP contribution in [0.25, 0.3) is 22.4 Å². The molecule has 5 heteroatoms. The number of hydrogen-bond acceptors (Lipinski definition) is 5. The van der Waals surface area contributed by atoms with Crippen LogP contribution in [0.15, 0.2) is 48.1 Å². The minimum absolute atomic E-state index is 0.0986. The molecule has 3 aromatic rings. The Bertz CT molecular complexity index is 1070. The number of furan rings is 1. The van der Waals surface area contributed by atoms with Crippen LogP contribution in [0, 0.1) is 0 Å². The second-order valence-corrected chi connectivity index (χ2v) is 6.09. The number of phenolic OH excluding ortho intramolecular Hbond substituents is 1. The molecule has 0 aliphatic rings. The average Bonchev–Trinajstić information content (AvgIpc) is 3.10. The predicted molar refractivity (Wildman–Crippen MR) is 106 cm³/mol. The number of carbonyl (C=O) groups excluding carboxylic acids is 1. The minimum Gasteiger partial charge on any atom is -0.507 e. The lowest BCUT2D eigenvalue weighted by atomic mass is 9.96. The van der Waals surface area contributed by atoms with Crippen molar-refractivity contribution in [3.63, 3.8) is 0 Å². The van der Waals surface area contributed by atoms with Crippen molar-refractivity contribution in [1.29, 1.82) is 0 Å². The van der Waals surface area contributed by atoms with E-state index >= 15 is 0 Å². The molecule has 0 amide bonds. The fourth-order valence-corrected chi connectivity index (χ4v) is 3.12. The van der Waals surface area contributed by atoms with Crippen molar-refractivity contribution in [3.05, 3.63) is 66.1 Å². The lowest BCUT2D eigenvalue weighted by molar-refractivity contribution is 0.101. The number of allylic oxidation sites excluding steroid dienone is 1. The Labute approximate surface area is 157 Å². The summed E-state index contributed by atoms with van der Waals surface area (Å²) in [5.74, 6) is 0.600. The molecule has 0 fully saturated rings. The summed E-state index contributed by atoms with van der Waals surface area (Å²) in [5, 5.41) is 11.8. The Morgan fingerprint density at radius 3 is 2.26 bits per heavy atom. The lowest BCUT2D eigenvalue weighted by Crippen LogP contribution is -2.04. The number of hydrogen-bond donors (Lipinski definition) is 1. The summed E-state index contributed by atoms with van der Waals surface area (Å²) in [6, 6.07) is 6.55. The van der Waals surface area contributed by atoms with Crippen molar-refractivity contribution in [1.82, 2.24) is 0 Å². The maximum atomic E-state index is 13.1. The molecule has 0 atom stereocenters. The van der Waals surface area contributed by atoms with Crippen LogP contribution >= 0.6 is 0 Å². The van der Waals surface area contributed by atoms with Gasteiger partial charge in [0.05, 0.1) is 26.0 Å². The summed E-state index contributed by atoms with van der Waals surface area (Å²) in [6.07, 6.45) is 3.05. The van der Waals surface area contributed by atoms with Crippen molar-refractivity contribution >= 4 is 28.2 Å². The molecule has 0 aliphatic carbocycles. The summed E-state index contributed by atoms with van der Waals surface area (Å²) in [6.45, 7) is 9.41. The number of rotatable bonds is 6. The van der Waals surface area contributed by atoms with Crippen molar-refractivity contribution in [3.8, 4) is 17.2 Å². The van der Waals surface area contributed by atoms with Crippen LogP contribution in [0.1, 0.15) is 34.2 Å². The molecule has 0 bridgehead atoms. The zero-order chi connectivity index (χ0) is 19.7. The Morgan fingerprint density at radius 2 is 1.74 bits per heavy atom. The lowest BCUT2D eigenvalue weighted by Gasteiger charge is -2.12. The molecule has 2 aromatic carbocycles. The average molecular weight is 364 g/mol. The third-order valence-corrected chi connectivity index (χ3v) is 4.41. The highest BCUT2D eigenvalue weighted by molar-refractivity contribution is 6.14. The highest BCUT2D eigenvalue weighted by Crippen LogP contribution is 2.38. The van der Waals surface area contributed by atoms with E-state index in [0.29, 0.717) is 39.0 Å². The molecule has 1 heterocycles. The molecule has 3 rings (SSSR count). The number of ketones is 1. The zero-order valence-electron chi connectivity index (χ0n) is 15.5. The van der Waals surface area contributed by atoms with Gasteiger partial charge in [0.15, 0.2) is 5.76 Å². The number of fused-ring (bicyclic) bond motifs is 1. The molecule has 5 nitrogen and oxygen atoms in total. The molecule has 0 unspecified atom stereocenters. The van der Waals surface area contributed by atoms with Crippen LogP contribution in [0.2, 0.25) is 0 Å². The first kappa shape index (κ1) is 18.3. The second kappa shape index (κ2) is 7.03. The van der Waals surface area contributed by atoms with E-state index in [4.69, 9.17) is 13.9 Å². The van der Waals surface area contributed by atoms with Crippen molar-refractivity contribution < 1.29 is 23.8 Å². The summed E-state index contributed by atoms with van der Waals surface area (Å²) >= 11 is 0. The molecule has 27 heavy (non-hydrogen) atoms. The number of methoxy groups -OCH3 is 2. The van der Waals surface area contributed by atoms with Gasteiger partial charge in [-0.15, -0.1) is 0 Å². The van der Waals surface area contributed by atoms with Gasteiger partial charge in [0.1, 0.15) is 17.2 Å². The molecule has 0 saturated heterocycles. The van der Waals surface area contributed by atoms with Gasteiger partial charge in [-0.25, -0.2) is 0 Å². The Balaban J connectivity index is 2.25. The van der Waals surface area contributed by atoms with E-state index in [1.54, 1.807) is 31.2 Å². The molecule has 0 saturated carbocycles. The Kier molecular flexibility index (Phi) is 4.77. The van der Waals surface area contributed by atoms with Crippen molar-refractivity contribution in [2.24, 2.45) is 0 Å². The minimum atomic E-state index is -0.453. The molecule has 0 spiro atoms. The number of phenols is 1. The van der Waals surface area contributed by atoms with Crippen molar-refractivity contribution in [2.45, 2.75) is 6.92 Å². The van der Waals surface area contributed by atoms with E-state index in [9.17, 15) is 9.90 Å². The van der Waals surface area contributed by atoms with Gasteiger partial charge in [-0.1, -0.05) is 19.2 Å². The maximum Gasteiger partial charge on any atom is 0.232 e. The van der Waals surface area contributed by atoms with Crippen molar-refractivity contribution in [2.75, 3.05) is 14.2 Å². The van der Waals surface area contributed by atoms with Crippen LogP contribution in [-0.2, 0) is 0 Å². The second-order valence-electron chi connectivity index (χ2n) is 6.09. The monoisotopic (exact) mass is 364 g/mol. The first-order chi connectivity index (χ1) is 12.9. The SMILES string of the molecule is C=Cc1coc(C(=O)c2cc3c(OC)ccc(OC)c3cc2O)c1C(=C)C. The normalized spacial score (nSPS) is 10.6. The molecule has 1 aromatic heterocycles. The topological polar surface area (TPSA) is 68.9 Å². The molecule has 1 N–H and O–H groups in total. The van der Waals surface area contributed by atoms with Gasteiger partial charge in [-0.05, 0) is 36.8 Å². The number of aromatic hydroxyl groups is 1. The summed E-state index contributed by atoms with van der Waals surface area (Å²) in [5.41, 5.74) is 2.01. The van der Waals surface area contributed by atoms with E-state index in [2.05, 4.69) is 13.2 Å². The first-order valence-corrected chi connectivity index (χ1v) is 8.25. The molecular formula is C22H20O5. The van der Waals surface area contributed by atoms with Gasteiger partial charge in [0.25, 0.3) is 0 Å². The van der Waals surface area contributed by atoms with Gasteiger partial charge >= 0.3 is 0 Å². The first-order valence-electron chi connectivity index (χ1n) is 8.25. The smallest absolute Gasteiger partial charge is 0.232 e. The number of benzene rings is 2. The van der Waals surface area contributed by atoms with E-state index < -0.39 is 5.78 Å². The standard InChI is InChI=1S/C22H20O5/c1-6-13-11-27-22(20(13)12(2)3)21(24)16-9-14-15(10-17(16)23)19(26-5)8-7-18(14)25-4/h6-11,23H,1-2H2,3-5H3. The van der Waals surface area contributed by atoms with Crippen LogP contribution in [0.3, 0.4) is 0 Å². The van der Waals surface area contributed by atoms with Gasteiger partial charge < -0.3 is 19.0 Å². The van der Waals surface area contributed by atoms with Gasteiger partial charge in [0.2, 0.25) is 5.78 Å². The Morgan fingerprint density at radius 1 is 1.15 bits per heavy atom. The van der Waals surface area contributed by atoms with Crippen LogP contribution in [-0.4, -0.2) is 25.1 Å². The highest BCUT2D eigenvalue weighted by atomic mass is 16.5. The summed E-state index contributed by atoms with van der Waals surface area (Å²) < 4.78 is 16.2. The molecular weight excluding hydrogens is 344 g/mol. The van der Waals surface area contributed by atoms with Crippen LogP contribution in [0.4, 0.5) is 0 Å². The third kappa shape index (κ3) is 2.97. The third-order valence-electron chi connectivity index (χ3n) is 4.41. The number of ether oxygens (including phenoxy) is 2. The van der Waals surface area contributed by atoms with Crippen LogP contribution in [0.5, 0.6) is 17.2 Å².